The van der Waals surface area contributed by atoms with Crippen molar-refractivity contribution in [1.82, 2.24) is 4.90 Å². The van der Waals surface area contributed by atoms with E-state index in [1.165, 1.54) is 5.56 Å². The van der Waals surface area contributed by atoms with Crippen LogP contribution in [0.15, 0.2) is 53.1 Å². The Hall–Kier alpha value is -2.44. The highest BCUT2D eigenvalue weighted by molar-refractivity contribution is 7.99. The van der Waals surface area contributed by atoms with E-state index in [4.69, 9.17) is 4.74 Å². The first-order valence-electron chi connectivity index (χ1n) is 10.6. The first kappa shape index (κ1) is 20.5. The molecule has 3 aliphatic rings. The number of thioether (sulfide) groups is 1. The molecular weight excluding hydrogens is 410 g/mol. The van der Waals surface area contributed by atoms with Crippen molar-refractivity contribution in [2.45, 2.75) is 41.4 Å². The topological polar surface area (TPSA) is 70.0 Å². The van der Waals surface area contributed by atoms with Crippen molar-refractivity contribution in [2.75, 3.05) is 20.7 Å². The van der Waals surface area contributed by atoms with E-state index in [1.807, 2.05) is 12.1 Å². The maximum absolute atomic E-state index is 12.9. The summed E-state index contributed by atoms with van der Waals surface area (Å²) in [6.07, 6.45) is 3.00. The van der Waals surface area contributed by atoms with E-state index in [1.54, 1.807) is 24.9 Å². The lowest BCUT2D eigenvalue weighted by molar-refractivity contribution is -0.122. The molecule has 0 saturated carbocycles. The van der Waals surface area contributed by atoms with Crippen LogP contribution in [0, 0.1) is 12.8 Å². The number of ketones is 1. The van der Waals surface area contributed by atoms with E-state index in [2.05, 4.69) is 43.1 Å². The van der Waals surface area contributed by atoms with Gasteiger partial charge in [0.2, 0.25) is 0 Å². The maximum atomic E-state index is 12.9. The Labute approximate surface area is 186 Å². The van der Waals surface area contributed by atoms with Crippen molar-refractivity contribution < 1.29 is 19.7 Å². The quantitative estimate of drug-likeness (QED) is 0.697. The van der Waals surface area contributed by atoms with Gasteiger partial charge in [0.05, 0.1) is 12.4 Å². The van der Waals surface area contributed by atoms with Crippen molar-refractivity contribution in [3.05, 3.63) is 64.9 Å². The first-order chi connectivity index (χ1) is 14.9. The Bertz CT molecular complexity index is 1080. The van der Waals surface area contributed by atoms with Gasteiger partial charge in [-0.05, 0) is 56.8 Å². The number of Topliss-reactive ketones (excluding diaryl/α,β-unsaturated/α-hetero) is 1. The summed E-state index contributed by atoms with van der Waals surface area (Å²) in [4.78, 5) is 16.4. The van der Waals surface area contributed by atoms with Crippen LogP contribution < -0.4 is 0 Å². The lowest BCUT2D eigenvalue weighted by Gasteiger charge is -2.58. The summed E-state index contributed by atoms with van der Waals surface area (Å²) in [5.74, 6) is 0.157. The number of nitrogens with zero attached hydrogens (tertiary/aromatic N) is 1. The van der Waals surface area contributed by atoms with Crippen molar-refractivity contribution in [2.24, 2.45) is 5.92 Å². The van der Waals surface area contributed by atoms with Crippen LogP contribution in [0.5, 0.6) is 11.5 Å². The van der Waals surface area contributed by atoms with Crippen LogP contribution in [0.2, 0.25) is 0 Å². The summed E-state index contributed by atoms with van der Waals surface area (Å²) in [5.41, 5.74) is 2.43. The molecule has 1 saturated heterocycles. The number of methoxy groups -OCH3 is 1. The molecule has 1 aliphatic heterocycles. The summed E-state index contributed by atoms with van der Waals surface area (Å²) in [7, 11) is 3.68. The zero-order valence-electron chi connectivity index (χ0n) is 18.0. The van der Waals surface area contributed by atoms with E-state index < -0.39 is 5.41 Å². The molecule has 2 aliphatic carbocycles. The van der Waals surface area contributed by atoms with Gasteiger partial charge in [-0.1, -0.05) is 23.8 Å². The summed E-state index contributed by atoms with van der Waals surface area (Å²) in [6, 6.07) is 12.1. The van der Waals surface area contributed by atoms with E-state index in [9.17, 15) is 15.0 Å². The predicted molar refractivity (Wildman–Crippen MR) is 120 cm³/mol. The van der Waals surface area contributed by atoms with Crippen LogP contribution in [-0.4, -0.2) is 47.6 Å². The van der Waals surface area contributed by atoms with Crippen molar-refractivity contribution in [1.29, 1.82) is 0 Å². The standard InChI is InChI=1S/C25H27NO4S/c1-14-4-6-15(7-5-14)31-24-16-8-9-18(27)23(29)21(16)25-10-11-26(2)22(24)17(25)12-20(30-3)19(28)13-25/h4-9,12,17,22,24,27,29H,10-11,13H2,1-3H3/t17-,22-,24-,25-/m1/s1. The van der Waals surface area contributed by atoms with Crippen LogP contribution in [-0.2, 0) is 14.9 Å². The van der Waals surface area contributed by atoms with E-state index in [-0.39, 0.29) is 40.9 Å². The monoisotopic (exact) mass is 437 g/mol. The van der Waals surface area contributed by atoms with Crippen LogP contribution in [0.4, 0.5) is 0 Å². The van der Waals surface area contributed by atoms with Crippen molar-refractivity contribution in [3.63, 3.8) is 0 Å². The summed E-state index contributed by atoms with van der Waals surface area (Å²) >= 11 is 1.78. The van der Waals surface area contributed by atoms with Gasteiger partial charge >= 0.3 is 0 Å². The smallest absolute Gasteiger partial charge is 0.197 e. The number of rotatable bonds is 3. The third-order valence-corrected chi connectivity index (χ3v) is 8.65. The number of carbonyl (C=O) groups is 1. The fraction of sp³-hybridized carbons (Fsp3) is 0.400. The minimum absolute atomic E-state index is 0.00190. The van der Waals surface area contributed by atoms with Gasteiger partial charge in [0.1, 0.15) is 0 Å². The number of allylic oxidation sites excluding steroid dienone is 1. The van der Waals surface area contributed by atoms with Gasteiger partial charge in [-0.15, -0.1) is 11.8 Å². The molecule has 2 N–H and O–H groups in total. The Morgan fingerprint density at radius 1 is 1.16 bits per heavy atom. The van der Waals surface area contributed by atoms with Gasteiger partial charge in [0.15, 0.2) is 23.0 Å². The number of likely N-dealkylation sites (N-methyl/N-ethyl adjacent to an activating group) is 1. The molecule has 2 bridgehead atoms. The molecule has 31 heavy (non-hydrogen) atoms. The van der Waals surface area contributed by atoms with Crippen LogP contribution in [0.25, 0.3) is 0 Å². The molecule has 0 unspecified atom stereocenters. The van der Waals surface area contributed by atoms with E-state index >= 15 is 0 Å². The fourth-order valence-corrected chi connectivity index (χ4v) is 7.23. The molecule has 0 radical (unpaired) electrons. The molecule has 1 heterocycles. The Morgan fingerprint density at radius 2 is 1.90 bits per heavy atom. The highest BCUT2D eigenvalue weighted by atomic mass is 32.2. The molecule has 4 atom stereocenters. The van der Waals surface area contributed by atoms with Gasteiger partial charge in [0, 0.05) is 34.3 Å². The third-order valence-electron chi connectivity index (χ3n) is 7.31. The average Bonchev–Trinajstić information content (AvgIpc) is 2.75. The van der Waals surface area contributed by atoms with Crippen molar-refractivity contribution >= 4 is 17.5 Å². The molecule has 5 rings (SSSR count). The predicted octanol–water partition coefficient (Wildman–Crippen LogP) is 4.31. The first-order valence-corrected chi connectivity index (χ1v) is 11.5. The molecule has 0 amide bonds. The summed E-state index contributed by atoms with van der Waals surface area (Å²) in [5, 5.41) is 21.5. The lowest BCUT2D eigenvalue weighted by atomic mass is 9.53. The fourth-order valence-electron chi connectivity index (χ4n) is 5.80. The number of aryl methyl sites for hydroxylation is 1. The Balaban J connectivity index is 1.74. The molecule has 0 spiro atoms. The van der Waals surface area contributed by atoms with E-state index in [0.29, 0.717) is 5.76 Å². The lowest BCUT2D eigenvalue weighted by Crippen LogP contribution is -2.61. The number of hydrogen-bond acceptors (Lipinski definition) is 6. The number of phenolic OH excluding ortho intramolecular Hbond substituents is 2. The second-order valence-electron chi connectivity index (χ2n) is 8.99. The largest absolute Gasteiger partial charge is 0.504 e. The molecule has 1 fully saturated rings. The number of aromatic hydroxyl groups is 2. The zero-order chi connectivity index (χ0) is 21.9. The van der Waals surface area contributed by atoms with E-state index in [0.717, 1.165) is 29.0 Å². The number of hydrogen-bond donors (Lipinski definition) is 2. The number of fused-ring (bicyclic) bond motifs is 1. The molecule has 0 aromatic heterocycles. The number of likely N-dealkylation sites (tertiary alicyclic amines) is 1. The number of piperidine rings is 1. The molecule has 2 aromatic carbocycles. The van der Waals surface area contributed by atoms with Gasteiger partial charge in [0.25, 0.3) is 0 Å². The second kappa shape index (κ2) is 7.31. The highest BCUT2D eigenvalue weighted by Crippen LogP contribution is 2.63. The van der Waals surface area contributed by atoms with Gasteiger partial charge < -0.3 is 19.8 Å². The zero-order valence-corrected chi connectivity index (χ0v) is 18.8. The molecular formula is C25H27NO4S. The second-order valence-corrected chi connectivity index (χ2v) is 10.2. The average molecular weight is 438 g/mol. The Kier molecular flexibility index (Phi) is 4.83. The third kappa shape index (κ3) is 2.99. The van der Waals surface area contributed by atoms with Crippen molar-refractivity contribution in [3.8, 4) is 11.5 Å². The number of carbonyl (C=O) groups excluding carboxylic acids is 1. The number of phenols is 2. The number of ether oxygens (including phenoxy) is 1. The molecule has 2 aromatic rings. The SMILES string of the molecule is COC1=C[C@@H]2[C@@H]3[C@H](Sc4ccc(C)cc4)c4ccc(O)c(O)c4[C@]2(CCN3C)CC1=O. The minimum atomic E-state index is -0.529. The number of benzene rings is 2. The normalized spacial score (nSPS) is 29.7. The molecule has 6 heteroatoms. The summed E-state index contributed by atoms with van der Waals surface area (Å²) < 4.78 is 5.43. The Morgan fingerprint density at radius 3 is 2.61 bits per heavy atom. The van der Waals surface area contributed by atoms with Crippen LogP contribution >= 0.6 is 11.8 Å². The van der Waals surface area contributed by atoms with Gasteiger partial charge in [-0.3, -0.25) is 4.79 Å². The van der Waals surface area contributed by atoms with Gasteiger partial charge in [-0.2, -0.15) is 0 Å². The molecule has 162 valence electrons. The van der Waals surface area contributed by atoms with Gasteiger partial charge in [-0.25, -0.2) is 0 Å². The highest BCUT2D eigenvalue weighted by Gasteiger charge is 2.59. The minimum Gasteiger partial charge on any atom is -0.504 e. The van der Waals surface area contributed by atoms with Crippen LogP contribution in [0.3, 0.4) is 0 Å². The summed E-state index contributed by atoms with van der Waals surface area (Å²) in [6.45, 7) is 2.90. The molecule has 5 nitrogen and oxygen atoms in total. The van der Waals surface area contributed by atoms with Crippen LogP contribution in [0.1, 0.15) is 34.8 Å². The maximum Gasteiger partial charge on any atom is 0.197 e.